The van der Waals surface area contributed by atoms with Gasteiger partial charge in [0.1, 0.15) is 0 Å². The fourth-order valence-electron chi connectivity index (χ4n) is 1.46. The summed E-state index contributed by atoms with van der Waals surface area (Å²) < 4.78 is 38.2. The number of halogens is 4. The third kappa shape index (κ3) is 4.21. The fraction of sp³-hybridized carbons (Fsp3) is 0.462. The largest absolute Gasteiger partial charge is 0.416 e. The molecule has 0 fully saturated rings. The molecule has 20 heavy (non-hydrogen) atoms. The van der Waals surface area contributed by atoms with Gasteiger partial charge in [-0.1, -0.05) is 6.92 Å². The van der Waals surface area contributed by atoms with Gasteiger partial charge in [0, 0.05) is 17.1 Å². The number of aliphatic hydroxyl groups excluding tert-OH is 1. The Morgan fingerprint density at radius 1 is 1.40 bits per heavy atom. The van der Waals surface area contributed by atoms with Crippen LogP contribution in [0.5, 0.6) is 0 Å². The third-order valence-corrected chi connectivity index (χ3v) is 3.73. The number of nitrogens with one attached hydrogen (secondary N) is 1. The van der Waals surface area contributed by atoms with Gasteiger partial charge in [0.2, 0.25) is 0 Å². The van der Waals surface area contributed by atoms with E-state index in [2.05, 4.69) is 21.2 Å². The molecular weight excluding hydrogens is 339 g/mol. The Morgan fingerprint density at radius 2 is 2.00 bits per heavy atom. The van der Waals surface area contributed by atoms with E-state index in [0.717, 1.165) is 12.1 Å². The van der Waals surface area contributed by atoms with E-state index in [-0.39, 0.29) is 28.6 Å². The van der Waals surface area contributed by atoms with Gasteiger partial charge in [-0.15, -0.1) is 0 Å². The number of aliphatic hydroxyl groups is 1. The molecule has 1 aromatic carbocycles. The van der Waals surface area contributed by atoms with E-state index < -0.39 is 17.6 Å². The summed E-state index contributed by atoms with van der Waals surface area (Å²) in [5.41, 5.74) is -0.967. The van der Waals surface area contributed by atoms with Crippen molar-refractivity contribution in [1.82, 2.24) is 5.32 Å². The molecule has 3 nitrogen and oxygen atoms in total. The molecule has 0 saturated carbocycles. The van der Waals surface area contributed by atoms with Crippen molar-refractivity contribution in [3.8, 4) is 0 Å². The lowest BCUT2D eigenvalue weighted by Crippen LogP contribution is -2.38. The van der Waals surface area contributed by atoms with Crippen LogP contribution in [0.15, 0.2) is 22.7 Å². The third-order valence-electron chi connectivity index (χ3n) is 3.04. The van der Waals surface area contributed by atoms with Gasteiger partial charge < -0.3 is 10.4 Å². The Morgan fingerprint density at radius 3 is 2.50 bits per heavy atom. The minimum Gasteiger partial charge on any atom is -0.396 e. The first-order valence-electron chi connectivity index (χ1n) is 5.95. The molecule has 2 atom stereocenters. The molecule has 0 aliphatic heterocycles. The highest BCUT2D eigenvalue weighted by Gasteiger charge is 2.31. The molecule has 1 amide bonds. The first kappa shape index (κ1) is 17.0. The maximum absolute atomic E-state index is 12.6. The summed E-state index contributed by atoms with van der Waals surface area (Å²) in [6.45, 7) is 3.29. The second kappa shape index (κ2) is 6.58. The highest BCUT2D eigenvalue weighted by molar-refractivity contribution is 9.10. The van der Waals surface area contributed by atoms with E-state index in [0.29, 0.717) is 0 Å². The second-order valence-electron chi connectivity index (χ2n) is 4.61. The molecule has 0 radical (unpaired) electrons. The lowest BCUT2D eigenvalue weighted by Gasteiger charge is -2.20. The minimum absolute atomic E-state index is 0.0863. The van der Waals surface area contributed by atoms with Gasteiger partial charge >= 0.3 is 6.18 Å². The highest BCUT2D eigenvalue weighted by atomic mass is 79.9. The molecule has 7 heteroatoms. The number of rotatable bonds is 4. The Bertz CT molecular complexity index is 491. The molecule has 2 N–H and O–H groups in total. The Balaban J connectivity index is 2.98. The number of carbonyl (C=O) groups excluding carboxylic acids is 1. The molecular formula is C13H15BrF3NO2. The van der Waals surface area contributed by atoms with Crippen molar-refractivity contribution >= 4 is 21.8 Å². The van der Waals surface area contributed by atoms with Gasteiger partial charge in [-0.05, 0) is 47.0 Å². The summed E-state index contributed by atoms with van der Waals surface area (Å²) >= 11 is 3.06. The quantitative estimate of drug-likeness (QED) is 0.873. The summed E-state index contributed by atoms with van der Waals surface area (Å²) in [5.74, 6) is -0.806. The standard InChI is InChI=1S/C13H15BrF3NO2/c1-7(6-19)8(2)18-12(20)10-5-9(13(15,16)17)3-4-11(10)14/h3-5,7-8,19H,6H2,1-2H3,(H,18,20). The average Bonchev–Trinajstić information content (AvgIpc) is 2.36. The van der Waals surface area contributed by atoms with Gasteiger partial charge in [-0.3, -0.25) is 4.79 Å². The van der Waals surface area contributed by atoms with Crippen molar-refractivity contribution in [2.45, 2.75) is 26.1 Å². The zero-order valence-corrected chi connectivity index (χ0v) is 12.5. The molecule has 0 aromatic heterocycles. The van der Waals surface area contributed by atoms with Crippen LogP contribution in [0.4, 0.5) is 13.2 Å². The van der Waals surface area contributed by atoms with E-state index in [9.17, 15) is 18.0 Å². The van der Waals surface area contributed by atoms with Gasteiger partial charge in [0.25, 0.3) is 5.91 Å². The molecule has 0 aliphatic carbocycles. The van der Waals surface area contributed by atoms with Crippen molar-refractivity contribution < 1.29 is 23.1 Å². The monoisotopic (exact) mass is 353 g/mol. The normalized spacial score (nSPS) is 14.8. The topological polar surface area (TPSA) is 49.3 Å². The van der Waals surface area contributed by atoms with Crippen molar-refractivity contribution in [3.63, 3.8) is 0 Å². The zero-order valence-electron chi connectivity index (χ0n) is 11.0. The molecule has 0 aliphatic rings. The molecule has 0 spiro atoms. The molecule has 1 aromatic rings. The van der Waals surface area contributed by atoms with Crippen molar-refractivity contribution in [2.75, 3.05) is 6.61 Å². The predicted molar refractivity (Wildman–Crippen MR) is 72.3 cm³/mol. The van der Waals surface area contributed by atoms with E-state index in [1.54, 1.807) is 13.8 Å². The summed E-state index contributed by atoms with van der Waals surface area (Å²) in [6, 6.07) is 2.54. The van der Waals surface area contributed by atoms with Gasteiger partial charge in [-0.2, -0.15) is 13.2 Å². The molecule has 112 valence electrons. The molecule has 0 bridgehead atoms. The van der Waals surface area contributed by atoms with Gasteiger partial charge in [0.15, 0.2) is 0 Å². The molecule has 0 heterocycles. The summed E-state index contributed by atoms with van der Waals surface area (Å²) in [4.78, 5) is 12.0. The Kier molecular flexibility index (Phi) is 5.59. The molecule has 2 unspecified atom stereocenters. The molecule has 1 rings (SSSR count). The summed E-state index contributed by atoms with van der Waals surface area (Å²) in [7, 11) is 0. The minimum atomic E-state index is -4.50. The van der Waals surface area contributed by atoms with Crippen LogP contribution in [-0.4, -0.2) is 23.7 Å². The number of hydrogen-bond donors (Lipinski definition) is 2. The number of benzene rings is 1. The smallest absolute Gasteiger partial charge is 0.396 e. The molecule has 0 saturated heterocycles. The van der Waals surface area contributed by atoms with E-state index in [1.807, 2.05) is 0 Å². The fourth-order valence-corrected chi connectivity index (χ4v) is 1.89. The Hall–Kier alpha value is -1.08. The van der Waals surface area contributed by atoms with Crippen LogP contribution in [0.1, 0.15) is 29.8 Å². The SMILES string of the molecule is CC(CO)C(C)NC(=O)c1cc(C(F)(F)F)ccc1Br. The van der Waals surface area contributed by atoms with Crippen LogP contribution in [0, 0.1) is 5.92 Å². The number of amides is 1. The summed E-state index contributed by atoms with van der Waals surface area (Å²) in [6.07, 6.45) is -4.50. The van der Waals surface area contributed by atoms with Crippen LogP contribution in [0.25, 0.3) is 0 Å². The van der Waals surface area contributed by atoms with Crippen LogP contribution in [0.2, 0.25) is 0 Å². The lowest BCUT2D eigenvalue weighted by atomic mass is 10.0. The highest BCUT2D eigenvalue weighted by Crippen LogP contribution is 2.31. The maximum atomic E-state index is 12.6. The van der Waals surface area contributed by atoms with E-state index >= 15 is 0 Å². The first-order valence-corrected chi connectivity index (χ1v) is 6.74. The van der Waals surface area contributed by atoms with Crippen LogP contribution >= 0.6 is 15.9 Å². The van der Waals surface area contributed by atoms with Gasteiger partial charge in [-0.25, -0.2) is 0 Å². The van der Waals surface area contributed by atoms with Crippen LogP contribution in [-0.2, 0) is 6.18 Å². The predicted octanol–water partition coefficient (Wildman–Crippen LogP) is 3.21. The second-order valence-corrected chi connectivity index (χ2v) is 5.47. The van der Waals surface area contributed by atoms with Crippen LogP contribution in [0.3, 0.4) is 0 Å². The van der Waals surface area contributed by atoms with Crippen molar-refractivity contribution in [3.05, 3.63) is 33.8 Å². The number of alkyl halides is 3. The summed E-state index contributed by atoms with van der Waals surface area (Å²) in [5, 5.41) is 11.6. The van der Waals surface area contributed by atoms with Gasteiger partial charge in [0.05, 0.1) is 11.1 Å². The lowest BCUT2D eigenvalue weighted by molar-refractivity contribution is -0.137. The Labute approximate surface area is 123 Å². The van der Waals surface area contributed by atoms with E-state index in [1.165, 1.54) is 6.07 Å². The average molecular weight is 354 g/mol. The van der Waals surface area contributed by atoms with Crippen molar-refractivity contribution in [2.24, 2.45) is 5.92 Å². The number of carbonyl (C=O) groups is 1. The van der Waals surface area contributed by atoms with Crippen molar-refractivity contribution in [1.29, 1.82) is 0 Å². The van der Waals surface area contributed by atoms with E-state index in [4.69, 9.17) is 5.11 Å². The zero-order chi connectivity index (χ0) is 15.5. The van der Waals surface area contributed by atoms with Crippen LogP contribution < -0.4 is 5.32 Å². The maximum Gasteiger partial charge on any atom is 0.416 e. The first-order chi connectivity index (χ1) is 9.16. The number of hydrogen-bond acceptors (Lipinski definition) is 2.